The van der Waals surface area contributed by atoms with E-state index in [1.807, 2.05) is 0 Å². The van der Waals surface area contributed by atoms with Gasteiger partial charge < -0.3 is 0 Å². The number of rotatable bonds is 2. The van der Waals surface area contributed by atoms with Gasteiger partial charge in [0.2, 0.25) is 0 Å². The van der Waals surface area contributed by atoms with Gasteiger partial charge in [0.25, 0.3) is 0 Å². The van der Waals surface area contributed by atoms with Crippen LogP contribution in [0.1, 0.15) is 19.3 Å². The first-order valence-corrected chi connectivity index (χ1v) is 4.88. The molecule has 2 heteroatoms. The fourth-order valence-electron chi connectivity index (χ4n) is 2.43. The summed E-state index contributed by atoms with van der Waals surface area (Å²) in [5, 5.41) is 0. The first kappa shape index (κ1) is 6.99. The van der Waals surface area contributed by atoms with Crippen LogP contribution in [0.25, 0.3) is 0 Å². The lowest BCUT2D eigenvalue weighted by Crippen LogP contribution is -2.33. The van der Waals surface area contributed by atoms with Crippen molar-refractivity contribution in [2.45, 2.75) is 25.3 Å². The maximum Gasteiger partial charge on any atom is 0.00989 e. The summed E-state index contributed by atoms with van der Waals surface area (Å²) in [4.78, 5) is 2.61. The van der Waals surface area contributed by atoms with Crippen molar-refractivity contribution < 1.29 is 0 Å². The van der Waals surface area contributed by atoms with Crippen LogP contribution in [0, 0.1) is 5.92 Å². The average Bonchev–Trinajstić information content (AvgIpc) is 2.48. The Labute approximate surface area is 68.2 Å². The van der Waals surface area contributed by atoms with Crippen molar-refractivity contribution in [1.82, 2.24) is 4.90 Å². The maximum absolute atomic E-state index is 4.25. The molecule has 2 fully saturated rings. The second-order valence-electron chi connectivity index (χ2n) is 3.55. The molecular weight excluding hydrogens is 142 g/mol. The van der Waals surface area contributed by atoms with E-state index in [-0.39, 0.29) is 0 Å². The fraction of sp³-hybridized carbons (Fsp3) is 1.00. The van der Waals surface area contributed by atoms with Crippen LogP contribution in [-0.2, 0) is 0 Å². The van der Waals surface area contributed by atoms with Gasteiger partial charge in [0, 0.05) is 24.9 Å². The average molecular weight is 157 g/mol. The monoisotopic (exact) mass is 157 g/mol. The molecule has 2 rings (SSSR count). The Morgan fingerprint density at radius 3 is 2.80 bits per heavy atom. The molecule has 0 N–H and O–H groups in total. The molecule has 0 spiro atoms. The lowest BCUT2D eigenvalue weighted by Gasteiger charge is -2.25. The lowest BCUT2D eigenvalue weighted by atomic mass is 10.1. The third-order valence-electron chi connectivity index (χ3n) is 2.91. The molecule has 2 unspecified atom stereocenters. The molecule has 1 heterocycles. The Hall–Kier alpha value is 0.310. The number of hydrogen-bond acceptors (Lipinski definition) is 2. The molecule has 0 aromatic carbocycles. The standard InChI is InChI=1S/C8H15NS/c10-4-3-9-6-7-1-2-8(9)5-7/h7-8,10H,1-6H2. The van der Waals surface area contributed by atoms with Gasteiger partial charge in [0.1, 0.15) is 0 Å². The van der Waals surface area contributed by atoms with Gasteiger partial charge in [-0.2, -0.15) is 12.6 Å². The minimum absolute atomic E-state index is 0.942. The van der Waals surface area contributed by atoms with Crippen LogP contribution in [0.4, 0.5) is 0 Å². The summed E-state index contributed by atoms with van der Waals surface area (Å²) >= 11 is 4.25. The highest BCUT2D eigenvalue weighted by atomic mass is 32.1. The van der Waals surface area contributed by atoms with Crippen LogP contribution in [0.3, 0.4) is 0 Å². The molecule has 1 aliphatic carbocycles. The van der Waals surface area contributed by atoms with E-state index in [0.717, 1.165) is 17.7 Å². The summed E-state index contributed by atoms with van der Waals surface area (Å²) in [6, 6.07) is 0.942. The second kappa shape index (κ2) is 2.74. The SMILES string of the molecule is SCCN1CC2CCC1C2. The van der Waals surface area contributed by atoms with Crippen LogP contribution in [0.15, 0.2) is 0 Å². The second-order valence-corrected chi connectivity index (χ2v) is 4.00. The van der Waals surface area contributed by atoms with E-state index in [9.17, 15) is 0 Å². The molecule has 10 heavy (non-hydrogen) atoms. The van der Waals surface area contributed by atoms with Gasteiger partial charge in [-0.05, 0) is 25.2 Å². The Balaban J connectivity index is 1.90. The topological polar surface area (TPSA) is 3.24 Å². The van der Waals surface area contributed by atoms with Gasteiger partial charge in [-0.1, -0.05) is 0 Å². The first-order chi connectivity index (χ1) is 4.90. The molecule has 1 saturated carbocycles. The molecule has 2 aliphatic rings. The molecule has 1 nitrogen and oxygen atoms in total. The third kappa shape index (κ3) is 1.08. The zero-order valence-corrected chi connectivity index (χ0v) is 7.19. The highest BCUT2D eigenvalue weighted by Crippen LogP contribution is 2.36. The fourth-order valence-corrected chi connectivity index (χ4v) is 2.69. The molecule has 1 aliphatic heterocycles. The normalized spacial score (nSPS) is 39.3. The van der Waals surface area contributed by atoms with Crippen LogP contribution in [-0.4, -0.2) is 29.8 Å². The van der Waals surface area contributed by atoms with Gasteiger partial charge in [-0.25, -0.2) is 0 Å². The number of piperidine rings is 1. The van der Waals surface area contributed by atoms with Crippen molar-refractivity contribution in [3.05, 3.63) is 0 Å². The van der Waals surface area contributed by atoms with E-state index in [1.165, 1.54) is 32.4 Å². The molecule has 58 valence electrons. The summed E-state index contributed by atoms with van der Waals surface area (Å²) < 4.78 is 0. The van der Waals surface area contributed by atoms with Crippen molar-refractivity contribution in [3.63, 3.8) is 0 Å². The first-order valence-electron chi connectivity index (χ1n) is 4.25. The Morgan fingerprint density at radius 2 is 2.30 bits per heavy atom. The summed E-state index contributed by atoms with van der Waals surface area (Å²) in [5.41, 5.74) is 0. The van der Waals surface area contributed by atoms with Crippen molar-refractivity contribution in [2.24, 2.45) is 5.92 Å². The van der Waals surface area contributed by atoms with Gasteiger partial charge in [-0.3, -0.25) is 4.90 Å². The summed E-state index contributed by atoms with van der Waals surface area (Å²) in [5.74, 6) is 2.08. The van der Waals surface area contributed by atoms with E-state index in [2.05, 4.69) is 17.5 Å². The summed E-state index contributed by atoms with van der Waals surface area (Å²) in [6.07, 6.45) is 4.43. The minimum atomic E-state index is 0.942. The van der Waals surface area contributed by atoms with Gasteiger partial charge in [0.05, 0.1) is 0 Å². The molecule has 0 amide bonds. The van der Waals surface area contributed by atoms with E-state index < -0.39 is 0 Å². The van der Waals surface area contributed by atoms with Gasteiger partial charge in [0.15, 0.2) is 0 Å². The van der Waals surface area contributed by atoms with E-state index in [1.54, 1.807) is 0 Å². The van der Waals surface area contributed by atoms with Crippen molar-refractivity contribution in [2.75, 3.05) is 18.8 Å². The van der Waals surface area contributed by atoms with Crippen molar-refractivity contribution in [3.8, 4) is 0 Å². The van der Waals surface area contributed by atoms with E-state index in [4.69, 9.17) is 0 Å². The molecule has 2 atom stereocenters. The highest BCUT2D eigenvalue weighted by Gasteiger charge is 2.36. The van der Waals surface area contributed by atoms with Crippen LogP contribution in [0.5, 0.6) is 0 Å². The number of nitrogens with zero attached hydrogens (tertiary/aromatic N) is 1. The number of thiol groups is 1. The number of fused-ring (bicyclic) bond motifs is 2. The molecule has 0 aromatic heterocycles. The number of likely N-dealkylation sites (tertiary alicyclic amines) is 1. The van der Waals surface area contributed by atoms with Crippen molar-refractivity contribution in [1.29, 1.82) is 0 Å². The Morgan fingerprint density at radius 1 is 1.40 bits per heavy atom. The predicted molar refractivity (Wildman–Crippen MR) is 46.6 cm³/mol. The number of hydrogen-bond donors (Lipinski definition) is 1. The maximum atomic E-state index is 4.25. The van der Waals surface area contributed by atoms with Gasteiger partial charge >= 0.3 is 0 Å². The molecule has 2 bridgehead atoms. The van der Waals surface area contributed by atoms with E-state index >= 15 is 0 Å². The Kier molecular flexibility index (Phi) is 1.92. The summed E-state index contributed by atoms with van der Waals surface area (Å²) in [7, 11) is 0. The lowest BCUT2D eigenvalue weighted by molar-refractivity contribution is 0.227. The Bertz CT molecular complexity index is 126. The minimum Gasteiger partial charge on any atom is -0.299 e. The molecular formula is C8H15NS. The van der Waals surface area contributed by atoms with Crippen LogP contribution < -0.4 is 0 Å². The predicted octanol–water partition coefficient (Wildman–Crippen LogP) is 1.40. The third-order valence-corrected chi connectivity index (χ3v) is 3.11. The molecule has 0 radical (unpaired) electrons. The smallest absolute Gasteiger partial charge is 0.00989 e. The van der Waals surface area contributed by atoms with Crippen LogP contribution in [0.2, 0.25) is 0 Å². The zero-order valence-electron chi connectivity index (χ0n) is 6.29. The molecule has 0 aromatic rings. The zero-order chi connectivity index (χ0) is 6.97. The van der Waals surface area contributed by atoms with Gasteiger partial charge in [-0.15, -0.1) is 0 Å². The highest BCUT2D eigenvalue weighted by molar-refractivity contribution is 7.80. The van der Waals surface area contributed by atoms with Crippen molar-refractivity contribution >= 4 is 12.6 Å². The largest absolute Gasteiger partial charge is 0.299 e. The summed E-state index contributed by atoms with van der Waals surface area (Å²) in [6.45, 7) is 2.58. The quantitative estimate of drug-likeness (QED) is 0.593. The van der Waals surface area contributed by atoms with Crippen LogP contribution >= 0.6 is 12.6 Å². The van der Waals surface area contributed by atoms with E-state index in [0.29, 0.717) is 0 Å². The molecule has 1 saturated heterocycles.